The summed E-state index contributed by atoms with van der Waals surface area (Å²) in [6.45, 7) is 8.78. The molecule has 0 aromatic rings. The van der Waals surface area contributed by atoms with Crippen LogP contribution in [-0.4, -0.2) is 54.9 Å². The average molecular weight is 243 g/mol. The van der Waals surface area contributed by atoms with Crippen molar-refractivity contribution in [1.82, 2.24) is 4.90 Å². The molecule has 0 aromatic heterocycles. The number of rotatable bonds is 2. The zero-order chi connectivity index (χ0) is 11.5. The molecule has 0 N–H and O–H groups in total. The average Bonchev–Trinajstić information content (AvgIpc) is 2.27. The molecule has 0 amide bonds. The first kappa shape index (κ1) is 12.1. The molecule has 0 aromatic carbocycles. The molecule has 1 fully saturated rings. The van der Waals surface area contributed by atoms with Gasteiger partial charge in [0.05, 0.1) is 24.6 Å². The van der Waals surface area contributed by atoms with Crippen LogP contribution in [0.2, 0.25) is 0 Å². The molecule has 4 heteroatoms. The molecular formula is C12H19ClN2O. The number of hydrogen-bond acceptors (Lipinski definition) is 3. The minimum atomic E-state index is 0.0414. The molecule has 2 aliphatic heterocycles. The Labute approximate surface area is 102 Å². The van der Waals surface area contributed by atoms with Gasteiger partial charge in [-0.3, -0.25) is 9.89 Å². The monoisotopic (exact) mass is 242 g/mol. The number of nitrogens with zero attached hydrogens (tertiary/aromatic N) is 2. The number of aliphatic imine (C=N–C) groups is 1. The molecule has 2 atom stereocenters. The Balaban J connectivity index is 1.98. The molecule has 2 unspecified atom stereocenters. The molecule has 1 saturated heterocycles. The van der Waals surface area contributed by atoms with Gasteiger partial charge in [0.25, 0.3) is 0 Å². The Morgan fingerprint density at radius 2 is 2.19 bits per heavy atom. The number of morpholine rings is 1. The zero-order valence-electron chi connectivity index (χ0n) is 9.95. The van der Waals surface area contributed by atoms with Crippen LogP contribution in [0.4, 0.5) is 0 Å². The first-order valence-electron chi connectivity index (χ1n) is 5.86. The molecule has 2 rings (SSSR count). The largest absolute Gasteiger partial charge is 0.379 e. The molecular weight excluding hydrogens is 224 g/mol. The highest BCUT2D eigenvalue weighted by Gasteiger charge is 2.21. The van der Waals surface area contributed by atoms with E-state index >= 15 is 0 Å². The summed E-state index contributed by atoms with van der Waals surface area (Å²) in [5.41, 5.74) is 2.41. The van der Waals surface area contributed by atoms with Gasteiger partial charge in [0.15, 0.2) is 0 Å². The van der Waals surface area contributed by atoms with Crippen LogP contribution in [0, 0.1) is 0 Å². The summed E-state index contributed by atoms with van der Waals surface area (Å²) in [6.07, 6.45) is 2.16. The van der Waals surface area contributed by atoms with Gasteiger partial charge in [-0.1, -0.05) is 6.08 Å². The topological polar surface area (TPSA) is 24.8 Å². The summed E-state index contributed by atoms with van der Waals surface area (Å²) in [5, 5.41) is 0.0414. The summed E-state index contributed by atoms with van der Waals surface area (Å²) < 4.78 is 5.34. The van der Waals surface area contributed by atoms with E-state index < -0.39 is 0 Å². The highest BCUT2D eigenvalue weighted by atomic mass is 35.5. The minimum absolute atomic E-state index is 0.0414. The molecule has 0 bridgehead atoms. The van der Waals surface area contributed by atoms with E-state index in [1.165, 1.54) is 5.57 Å². The van der Waals surface area contributed by atoms with E-state index in [1.54, 1.807) is 0 Å². The molecule has 2 aliphatic rings. The maximum atomic E-state index is 6.22. The van der Waals surface area contributed by atoms with Crippen LogP contribution < -0.4 is 0 Å². The SMILES string of the molecule is CC1=NC(C)C(Cl)C=C1CN1CCOCC1. The van der Waals surface area contributed by atoms with E-state index in [2.05, 4.69) is 29.8 Å². The maximum absolute atomic E-state index is 6.22. The quantitative estimate of drug-likeness (QED) is 0.689. The summed E-state index contributed by atoms with van der Waals surface area (Å²) in [6, 6.07) is 0.204. The summed E-state index contributed by atoms with van der Waals surface area (Å²) in [4.78, 5) is 6.97. The van der Waals surface area contributed by atoms with Crippen molar-refractivity contribution in [2.45, 2.75) is 25.3 Å². The standard InChI is InChI=1S/C12H19ClN2O/c1-9-11(7-12(13)10(2)14-9)8-15-3-5-16-6-4-15/h7,10,12H,3-6,8H2,1-2H3. The molecule has 16 heavy (non-hydrogen) atoms. The van der Waals surface area contributed by atoms with E-state index in [9.17, 15) is 0 Å². The minimum Gasteiger partial charge on any atom is -0.379 e. The lowest BCUT2D eigenvalue weighted by Gasteiger charge is -2.29. The van der Waals surface area contributed by atoms with Gasteiger partial charge in [-0.25, -0.2) is 0 Å². The van der Waals surface area contributed by atoms with Crippen LogP contribution in [0.25, 0.3) is 0 Å². The normalized spacial score (nSPS) is 32.2. The second-order valence-corrected chi connectivity index (χ2v) is 4.98. The number of alkyl halides is 1. The third-order valence-electron chi connectivity index (χ3n) is 3.18. The second kappa shape index (κ2) is 5.30. The van der Waals surface area contributed by atoms with Crippen molar-refractivity contribution in [1.29, 1.82) is 0 Å². The van der Waals surface area contributed by atoms with Crippen molar-refractivity contribution in [2.24, 2.45) is 4.99 Å². The Hall–Kier alpha value is -0.380. The zero-order valence-corrected chi connectivity index (χ0v) is 10.7. The van der Waals surface area contributed by atoms with E-state index in [0.717, 1.165) is 38.6 Å². The van der Waals surface area contributed by atoms with Crippen LogP contribution in [0.15, 0.2) is 16.6 Å². The van der Waals surface area contributed by atoms with E-state index in [0.29, 0.717) is 0 Å². The van der Waals surface area contributed by atoms with Gasteiger partial charge < -0.3 is 4.74 Å². The number of halogens is 1. The van der Waals surface area contributed by atoms with Crippen LogP contribution in [0.1, 0.15) is 13.8 Å². The number of ether oxygens (including phenoxy) is 1. The Morgan fingerprint density at radius 3 is 2.88 bits per heavy atom. The highest BCUT2D eigenvalue weighted by Crippen LogP contribution is 2.19. The summed E-state index contributed by atoms with van der Waals surface area (Å²) in [5.74, 6) is 0. The van der Waals surface area contributed by atoms with Crippen LogP contribution >= 0.6 is 11.6 Å². The molecule has 90 valence electrons. The fourth-order valence-electron chi connectivity index (χ4n) is 2.08. The van der Waals surface area contributed by atoms with E-state index in [1.807, 2.05) is 0 Å². The van der Waals surface area contributed by atoms with E-state index in [-0.39, 0.29) is 11.4 Å². The van der Waals surface area contributed by atoms with Gasteiger partial charge in [-0.2, -0.15) is 0 Å². The van der Waals surface area contributed by atoms with Gasteiger partial charge in [-0.05, 0) is 19.4 Å². The molecule has 0 aliphatic carbocycles. The van der Waals surface area contributed by atoms with Crippen molar-refractivity contribution in [3.05, 3.63) is 11.6 Å². The molecule has 0 saturated carbocycles. The Bertz CT molecular complexity index is 308. The first-order valence-corrected chi connectivity index (χ1v) is 6.30. The molecule has 0 spiro atoms. The van der Waals surface area contributed by atoms with Crippen molar-refractivity contribution < 1.29 is 4.74 Å². The predicted octanol–water partition coefficient (Wildman–Crippen LogP) is 1.72. The first-order chi connectivity index (χ1) is 7.66. The number of hydrogen-bond donors (Lipinski definition) is 0. The van der Waals surface area contributed by atoms with Crippen LogP contribution in [-0.2, 0) is 4.74 Å². The van der Waals surface area contributed by atoms with Crippen molar-refractivity contribution in [2.75, 3.05) is 32.8 Å². The van der Waals surface area contributed by atoms with E-state index in [4.69, 9.17) is 16.3 Å². The lowest BCUT2D eigenvalue weighted by molar-refractivity contribution is 0.0427. The smallest absolute Gasteiger partial charge is 0.0743 e. The van der Waals surface area contributed by atoms with Gasteiger partial charge in [0.1, 0.15) is 0 Å². The molecule has 0 radical (unpaired) electrons. The lowest BCUT2D eigenvalue weighted by Crippen LogP contribution is -2.39. The predicted molar refractivity (Wildman–Crippen MR) is 67.6 cm³/mol. The molecule has 2 heterocycles. The third-order valence-corrected chi connectivity index (χ3v) is 3.67. The van der Waals surface area contributed by atoms with Crippen molar-refractivity contribution in [3.8, 4) is 0 Å². The van der Waals surface area contributed by atoms with Crippen LogP contribution in [0.5, 0.6) is 0 Å². The van der Waals surface area contributed by atoms with Crippen molar-refractivity contribution >= 4 is 17.3 Å². The highest BCUT2D eigenvalue weighted by molar-refractivity contribution is 6.23. The van der Waals surface area contributed by atoms with Crippen LogP contribution in [0.3, 0.4) is 0 Å². The second-order valence-electron chi connectivity index (χ2n) is 4.48. The van der Waals surface area contributed by atoms with Gasteiger partial charge >= 0.3 is 0 Å². The number of dihydropyridines is 1. The fraction of sp³-hybridized carbons (Fsp3) is 0.750. The lowest BCUT2D eigenvalue weighted by atomic mass is 10.0. The summed E-state index contributed by atoms with van der Waals surface area (Å²) in [7, 11) is 0. The van der Waals surface area contributed by atoms with Crippen molar-refractivity contribution in [3.63, 3.8) is 0 Å². The summed E-state index contributed by atoms with van der Waals surface area (Å²) >= 11 is 6.22. The third kappa shape index (κ3) is 2.84. The van der Waals surface area contributed by atoms with Gasteiger partial charge in [0.2, 0.25) is 0 Å². The Kier molecular flexibility index (Phi) is 4.00. The fourth-order valence-corrected chi connectivity index (χ4v) is 2.29. The Morgan fingerprint density at radius 1 is 1.50 bits per heavy atom. The van der Waals surface area contributed by atoms with Gasteiger partial charge in [0, 0.05) is 25.3 Å². The van der Waals surface area contributed by atoms with Gasteiger partial charge in [-0.15, -0.1) is 11.6 Å². The maximum Gasteiger partial charge on any atom is 0.0743 e. The molecule has 3 nitrogen and oxygen atoms in total.